The van der Waals surface area contributed by atoms with E-state index in [-0.39, 0.29) is 5.69 Å². The Morgan fingerprint density at radius 3 is 2.82 bits per heavy atom. The molecule has 1 N–H and O–H groups in total. The van der Waals surface area contributed by atoms with Gasteiger partial charge in [0.1, 0.15) is 5.82 Å². The first-order valence-corrected chi connectivity index (χ1v) is 5.53. The van der Waals surface area contributed by atoms with Crippen LogP contribution >= 0.6 is 0 Å². The van der Waals surface area contributed by atoms with E-state index < -0.39 is 10.5 Å². The summed E-state index contributed by atoms with van der Waals surface area (Å²) in [6, 6.07) is 1.46. The quantitative estimate of drug-likeness (QED) is 0.632. The van der Waals surface area contributed by atoms with Crippen LogP contribution in [0.4, 0.5) is 11.5 Å². The molecule has 17 heavy (non-hydrogen) atoms. The fourth-order valence-corrected chi connectivity index (χ4v) is 1.92. The number of nitro groups is 1. The first-order chi connectivity index (χ1) is 7.95. The summed E-state index contributed by atoms with van der Waals surface area (Å²) in [5.74, 6) is 0.556. The maximum Gasteiger partial charge on any atom is 0.277 e. The molecule has 0 radical (unpaired) electrons. The second-order valence-corrected chi connectivity index (χ2v) is 4.52. The standard InChI is InChI=1S/C11H15N3O3/c1-3-11(15)6-13(7-11)10-4-9(14(16)17)8(2)5-12-10/h4-5,15H,3,6-7H2,1-2H3. The molecule has 1 aliphatic heterocycles. The Hall–Kier alpha value is -1.69. The third kappa shape index (κ3) is 2.08. The maximum absolute atomic E-state index is 10.8. The topological polar surface area (TPSA) is 79.5 Å². The fraction of sp³-hybridized carbons (Fsp3) is 0.545. The Bertz CT molecular complexity index is 455. The summed E-state index contributed by atoms with van der Waals surface area (Å²) in [6.07, 6.45) is 2.17. The highest BCUT2D eigenvalue weighted by Gasteiger charge is 2.40. The van der Waals surface area contributed by atoms with Crippen molar-refractivity contribution in [2.24, 2.45) is 0 Å². The molecule has 0 saturated carbocycles. The van der Waals surface area contributed by atoms with Crippen LogP contribution in [0, 0.1) is 17.0 Å². The van der Waals surface area contributed by atoms with Crippen LogP contribution in [0.25, 0.3) is 0 Å². The van der Waals surface area contributed by atoms with Crippen molar-refractivity contribution in [2.45, 2.75) is 25.9 Å². The summed E-state index contributed by atoms with van der Waals surface area (Å²) in [5, 5.41) is 20.7. The van der Waals surface area contributed by atoms with Crippen LogP contribution < -0.4 is 4.90 Å². The average molecular weight is 237 g/mol. The minimum atomic E-state index is -0.665. The van der Waals surface area contributed by atoms with Crippen molar-refractivity contribution in [3.63, 3.8) is 0 Å². The third-order valence-electron chi connectivity index (χ3n) is 3.21. The summed E-state index contributed by atoms with van der Waals surface area (Å²) >= 11 is 0. The smallest absolute Gasteiger partial charge is 0.277 e. The number of hydrogen-bond acceptors (Lipinski definition) is 5. The Kier molecular flexibility index (Phi) is 2.74. The van der Waals surface area contributed by atoms with Crippen LogP contribution in [0.3, 0.4) is 0 Å². The number of aromatic nitrogens is 1. The fourth-order valence-electron chi connectivity index (χ4n) is 1.92. The van der Waals surface area contributed by atoms with Crippen molar-refractivity contribution in [1.82, 2.24) is 4.98 Å². The first-order valence-electron chi connectivity index (χ1n) is 5.53. The van der Waals surface area contributed by atoms with E-state index in [2.05, 4.69) is 4.98 Å². The number of nitrogens with zero attached hydrogens (tertiary/aromatic N) is 3. The van der Waals surface area contributed by atoms with E-state index in [4.69, 9.17) is 0 Å². The van der Waals surface area contributed by atoms with Crippen molar-refractivity contribution in [3.05, 3.63) is 27.9 Å². The van der Waals surface area contributed by atoms with E-state index >= 15 is 0 Å². The monoisotopic (exact) mass is 237 g/mol. The van der Waals surface area contributed by atoms with Gasteiger partial charge in [-0.15, -0.1) is 0 Å². The molecule has 6 nitrogen and oxygen atoms in total. The largest absolute Gasteiger partial charge is 0.386 e. The van der Waals surface area contributed by atoms with E-state index in [0.717, 1.165) is 0 Å². The summed E-state index contributed by atoms with van der Waals surface area (Å²) in [7, 11) is 0. The lowest BCUT2D eigenvalue weighted by molar-refractivity contribution is -0.385. The molecule has 2 rings (SSSR count). The molecule has 0 aliphatic carbocycles. The zero-order chi connectivity index (χ0) is 12.6. The molecule has 0 unspecified atom stereocenters. The second-order valence-electron chi connectivity index (χ2n) is 4.52. The van der Waals surface area contributed by atoms with Gasteiger partial charge in [-0.3, -0.25) is 10.1 Å². The van der Waals surface area contributed by atoms with Gasteiger partial charge < -0.3 is 10.0 Å². The predicted octanol–water partition coefficient (Wildman–Crippen LogP) is 1.26. The van der Waals surface area contributed by atoms with E-state index in [0.29, 0.717) is 30.9 Å². The van der Waals surface area contributed by atoms with Crippen molar-refractivity contribution < 1.29 is 10.0 Å². The molecule has 2 heterocycles. The number of rotatable bonds is 3. The Balaban J connectivity index is 2.19. The number of pyridine rings is 1. The van der Waals surface area contributed by atoms with E-state index in [1.165, 1.54) is 12.3 Å². The molecular weight excluding hydrogens is 222 g/mol. The Labute approximate surface area is 99.0 Å². The first kappa shape index (κ1) is 11.8. The highest BCUT2D eigenvalue weighted by molar-refractivity contribution is 5.53. The van der Waals surface area contributed by atoms with Gasteiger partial charge in [0.15, 0.2) is 0 Å². The van der Waals surface area contributed by atoms with Gasteiger partial charge in [0.05, 0.1) is 16.6 Å². The molecular formula is C11H15N3O3. The molecule has 1 aliphatic rings. The normalized spacial score (nSPS) is 17.7. The van der Waals surface area contributed by atoms with Crippen molar-refractivity contribution in [3.8, 4) is 0 Å². The van der Waals surface area contributed by atoms with Crippen LogP contribution in [0.15, 0.2) is 12.3 Å². The third-order valence-corrected chi connectivity index (χ3v) is 3.21. The zero-order valence-corrected chi connectivity index (χ0v) is 9.88. The molecule has 1 aromatic heterocycles. The Morgan fingerprint density at radius 1 is 1.65 bits per heavy atom. The summed E-state index contributed by atoms with van der Waals surface area (Å²) in [6.45, 7) is 4.54. The molecule has 92 valence electrons. The van der Waals surface area contributed by atoms with Crippen LogP contribution in [0.1, 0.15) is 18.9 Å². The van der Waals surface area contributed by atoms with Crippen molar-refractivity contribution in [2.75, 3.05) is 18.0 Å². The van der Waals surface area contributed by atoms with Crippen LogP contribution in [-0.4, -0.2) is 33.7 Å². The van der Waals surface area contributed by atoms with Gasteiger partial charge in [-0.1, -0.05) is 6.92 Å². The van der Waals surface area contributed by atoms with Crippen LogP contribution in [0.5, 0.6) is 0 Å². The minimum absolute atomic E-state index is 0.0712. The Morgan fingerprint density at radius 2 is 2.29 bits per heavy atom. The summed E-state index contributed by atoms with van der Waals surface area (Å²) < 4.78 is 0. The molecule has 6 heteroatoms. The summed E-state index contributed by atoms with van der Waals surface area (Å²) in [5.41, 5.74) is -0.0478. The van der Waals surface area contributed by atoms with E-state index in [1.54, 1.807) is 6.92 Å². The molecule has 0 atom stereocenters. The molecule has 0 amide bonds. The number of hydrogen-bond donors (Lipinski definition) is 1. The lowest BCUT2D eigenvalue weighted by Gasteiger charge is -2.46. The van der Waals surface area contributed by atoms with Gasteiger partial charge in [0.2, 0.25) is 0 Å². The van der Waals surface area contributed by atoms with Gasteiger partial charge in [-0.25, -0.2) is 4.98 Å². The highest BCUT2D eigenvalue weighted by Crippen LogP contribution is 2.31. The van der Waals surface area contributed by atoms with Gasteiger partial charge in [-0.2, -0.15) is 0 Å². The van der Waals surface area contributed by atoms with Crippen LogP contribution in [-0.2, 0) is 0 Å². The average Bonchev–Trinajstić information content (AvgIpc) is 2.25. The second kappa shape index (κ2) is 3.96. The number of anilines is 1. The van der Waals surface area contributed by atoms with E-state index in [9.17, 15) is 15.2 Å². The molecule has 0 aromatic carbocycles. The number of aliphatic hydroxyl groups is 1. The molecule has 1 saturated heterocycles. The molecule has 1 aromatic rings. The van der Waals surface area contributed by atoms with Gasteiger partial charge in [-0.05, 0) is 13.3 Å². The maximum atomic E-state index is 10.8. The molecule has 1 fully saturated rings. The lowest BCUT2D eigenvalue weighted by Crippen LogP contribution is -2.61. The van der Waals surface area contributed by atoms with Gasteiger partial charge in [0.25, 0.3) is 5.69 Å². The number of β-amino-alcohol motifs (C(OH)–C–C–N with tert-alkyl or cyclic N) is 1. The molecule has 0 bridgehead atoms. The predicted molar refractivity (Wildman–Crippen MR) is 63.1 cm³/mol. The van der Waals surface area contributed by atoms with Crippen LogP contribution in [0.2, 0.25) is 0 Å². The van der Waals surface area contributed by atoms with Gasteiger partial charge >= 0.3 is 0 Å². The van der Waals surface area contributed by atoms with Crippen molar-refractivity contribution >= 4 is 11.5 Å². The van der Waals surface area contributed by atoms with Crippen molar-refractivity contribution in [1.29, 1.82) is 0 Å². The van der Waals surface area contributed by atoms with Gasteiger partial charge in [0, 0.05) is 24.8 Å². The SMILES string of the molecule is CCC1(O)CN(c2cc([N+](=O)[O-])c(C)cn2)C1. The molecule has 0 spiro atoms. The summed E-state index contributed by atoms with van der Waals surface area (Å²) in [4.78, 5) is 16.4. The lowest BCUT2D eigenvalue weighted by atomic mass is 9.91. The number of aryl methyl sites for hydroxylation is 1. The minimum Gasteiger partial charge on any atom is -0.386 e. The van der Waals surface area contributed by atoms with E-state index in [1.807, 2.05) is 11.8 Å². The zero-order valence-electron chi connectivity index (χ0n) is 9.88. The highest BCUT2D eigenvalue weighted by atomic mass is 16.6.